The molecule has 0 atom stereocenters. The van der Waals surface area contributed by atoms with Crippen LogP contribution in [-0.2, 0) is 5.41 Å². The van der Waals surface area contributed by atoms with Crippen LogP contribution in [-0.4, -0.2) is 16.9 Å². The Hall–Kier alpha value is -2.02. The van der Waals surface area contributed by atoms with Gasteiger partial charge in [-0.15, -0.1) is 0 Å². The molecule has 0 fully saturated rings. The second-order valence-electron chi connectivity index (χ2n) is 4.05. The van der Waals surface area contributed by atoms with Crippen LogP contribution in [0.5, 0.6) is 0 Å². The van der Waals surface area contributed by atoms with E-state index in [1.807, 2.05) is 13.8 Å². The molecule has 2 N–H and O–H groups in total. The summed E-state index contributed by atoms with van der Waals surface area (Å²) in [6.07, 6.45) is 3.04. The van der Waals surface area contributed by atoms with Crippen LogP contribution in [0.25, 0.3) is 0 Å². The molecule has 4 nitrogen and oxygen atoms in total. The summed E-state index contributed by atoms with van der Waals surface area (Å²) in [6, 6.07) is 5.74. The van der Waals surface area contributed by atoms with Gasteiger partial charge in [0.25, 0.3) is 0 Å². The van der Waals surface area contributed by atoms with E-state index in [2.05, 4.69) is 11.1 Å². The number of hydrogen-bond acceptors (Lipinski definition) is 4. The maximum absolute atomic E-state index is 9.02. The third-order valence-electron chi connectivity index (χ3n) is 2.38. The molecule has 0 aliphatic carbocycles. The van der Waals surface area contributed by atoms with E-state index < -0.39 is 5.41 Å². The van der Waals surface area contributed by atoms with Crippen LogP contribution in [0.3, 0.4) is 0 Å². The van der Waals surface area contributed by atoms with Gasteiger partial charge in [0.05, 0.1) is 22.9 Å². The number of nitriles is 1. The number of rotatable bonds is 4. The van der Waals surface area contributed by atoms with Crippen molar-refractivity contribution in [3.05, 3.63) is 29.6 Å². The van der Waals surface area contributed by atoms with Crippen LogP contribution in [0.4, 0.5) is 0 Å². The zero-order chi connectivity index (χ0) is 12.2. The molecule has 16 heavy (non-hydrogen) atoms. The SMILES string of the molecule is CC(C)(C#N)c1ccnc(C(=N)CC=N)c1. The molecule has 1 aromatic heterocycles. The number of pyridine rings is 1. The van der Waals surface area contributed by atoms with Crippen LogP contribution >= 0.6 is 0 Å². The summed E-state index contributed by atoms with van der Waals surface area (Å²) in [7, 11) is 0. The molecule has 0 radical (unpaired) electrons. The number of nitrogens with zero attached hydrogens (tertiary/aromatic N) is 2. The van der Waals surface area contributed by atoms with Gasteiger partial charge in [-0.1, -0.05) is 0 Å². The highest BCUT2D eigenvalue weighted by atomic mass is 14.7. The molecule has 0 spiro atoms. The second-order valence-corrected chi connectivity index (χ2v) is 4.05. The van der Waals surface area contributed by atoms with Crippen molar-refractivity contribution in [2.75, 3.05) is 0 Å². The summed E-state index contributed by atoms with van der Waals surface area (Å²) < 4.78 is 0. The van der Waals surface area contributed by atoms with Gasteiger partial charge in [-0.25, -0.2) is 0 Å². The lowest BCUT2D eigenvalue weighted by molar-refractivity contribution is 0.685. The molecule has 0 bridgehead atoms. The van der Waals surface area contributed by atoms with E-state index in [9.17, 15) is 0 Å². The summed E-state index contributed by atoms with van der Waals surface area (Å²) in [5.74, 6) is 0. The van der Waals surface area contributed by atoms with Crippen molar-refractivity contribution < 1.29 is 0 Å². The fourth-order valence-electron chi connectivity index (χ4n) is 1.26. The molecule has 0 saturated heterocycles. The topological polar surface area (TPSA) is 84.4 Å². The van der Waals surface area contributed by atoms with Crippen LogP contribution in [0.1, 0.15) is 31.5 Å². The molecule has 82 valence electrons. The highest BCUT2D eigenvalue weighted by Gasteiger charge is 2.20. The van der Waals surface area contributed by atoms with Gasteiger partial charge < -0.3 is 10.8 Å². The van der Waals surface area contributed by atoms with Crippen molar-refractivity contribution in [1.82, 2.24) is 4.98 Å². The minimum Gasteiger partial charge on any atom is -0.313 e. The van der Waals surface area contributed by atoms with Gasteiger partial charge in [0.15, 0.2) is 0 Å². The molecule has 1 rings (SSSR count). The first-order valence-corrected chi connectivity index (χ1v) is 4.96. The first-order chi connectivity index (χ1) is 7.51. The molecule has 4 heteroatoms. The van der Waals surface area contributed by atoms with E-state index in [4.69, 9.17) is 16.1 Å². The maximum Gasteiger partial charge on any atom is 0.0844 e. The Morgan fingerprint density at radius 2 is 2.31 bits per heavy atom. The van der Waals surface area contributed by atoms with Crippen molar-refractivity contribution in [3.8, 4) is 6.07 Å². The van der Waals surface area contributed by atoms with Gasteiger partial charge in [0.1, 0.15) is 0 Å². The molecule has 0 unspecified atom stereocenters. The Morgan fingerprint density at radius 3 is 2.88 bits per heavy atom. The van der Waals surface area contributed by atoms with E-state index in [-0.39, 0.29) is 6.42 Å². The minimum atomic E-state index is -0.581. The first kappa shape index (κ1) is 12.1. The molecular weight excluding hydrogens is 200 g/mol. The standard InChI is InChI=1S/C12H14N4/c1-12(2,8-14)9-4-6-16-11(7-9)10(15)3-5-13/h4-7,13,15H,3H2,1-2H3. The number of hydrogen-bond donors (Lipinski definition) is 2. The molecule has 1 aromatic rings. The van der Waals surface area contributed by atoms with E-state index in [0.717, 1.165) is 5.56 Å². The highest BCUT2D eigenvalue weighted by Crippen LogP contribution is 2.22. The Bertz CT molecular complexity index is 454. The van der Waals surface area contributed by atoms with Crippen molar-refractivity contribution in [2.45, 2.75) is 25.7 Å². The molecule has 0 aliphatic rings. The summed E-state index contributed by atoms with van der Waals surface area (Å²) in [5, 5.41) is 23.7. The predicted octanol–water partition coefficient (Wildman–Crippen LogP) is 2.29. The van der Waals surface area contributed by atoms with E-state index in [1.54, 1.807) is 18.3 Å². The van der Waals surface area contributed by atoms with Crippen molar-refractivity contribution in [1.29, 1.82) is 16.1 Å². The monoisotopic (exact) mass is 214 g/mol. The van der Waals surface area contributed by atoms with Crippen LogP contribution in [0.2, 0.25) is 0 Å². The van der Waals surface area contributed by atoms with Gasteiger partial charge in [0, 0.05) is 18.8 Å². The average Bonchev–Trinajstić information content (AvgIpc) is 2.29. The molecule has 0 saturated carbocycles. The van der Waals surface area contributed by atoms with Crippen LogP contribution < -0.4 is 0 Å². The third kappa shape index (κ3) is 2.51. The third-order valence-corrected chi connectivity index (χ3v) is 2.38. The summed E-state index contributed by atoms with van der Waals surface area (Å²) in [4.78, 5) is 4.07. The summed E-state index contributed by atoms with van der Waals surface area (Å²) >= 11 is 0. The summed E-state index contributed by atoms with van der Waals surface area (Å²) in [5.41, 5.74) is 1.09. The lowest BCUT2D eigenvalue weighted by atomic mass is 9.86. The molecule has 0 aliphatic heterocycles. The zero-order valence-electron chi connectivity index (χ0n) is 9.41. The normalized spacial score (nSPS) is 10.6. The van der Waals surface area contributed by atoms with E-state index in [1.165, 1.54) is 6.21 Å². The Balaban J connectivity index is 3.10. The Morgan fingerprint density at radius 1 is 1.62 bits per heavy atom. The molecule has 0 amide bonds. The second kappa shape index (κ2) is 4.67. The largest absolute Gasteiger partial charge is 0.313 e. The average molecular weight is 214 g/mol. The van der Waals surface area contributed by atoms with Gasteiger partial charge in [-0.3, -0.25) is 4.98 Å². The minimum absolute atomic E-state index is 0.267. The van der Waals surface area contributed by atoms with Crippen LogP contribution in [0, 0.1) is 22.1 Å². The molecule has 1 heterocycles. The van der Waals surface area contributed by atoms with Crippen molar-refractivity contribution in [3.63, 3.8) is 0 Å². The van der Waals surface area contributed by atoms with Gasteiger partial charge in [-0.05, 0) is 31.5 Å². The Kier molecular flexibility index (Phi) is 3.51. The highest BCUT2D eigenvalue weighted by molar-refractivity contribution is 6.03. The maximum atomic E-state index is 9.02. The van der Waals surface area contributed by atoms with E-state index in [0.29, 0.717) is 11.4 Å². The molecule has 0 aromatic carbocycles. The molecular formula is C12H14N4. The van der Waals surface area contributed by atoms with Crippen molar-refractivity contribution in [2.24, 2.45) is 0 Å². The smallest absolute Gasteiger partial charge is 0.0844 e. The Labute approximate surface area is 95.0 Å². The number of aromatic nitrogens is 1. The fraction of sp³-hybridized carbons (Fsp3) is 0.333. The lowest BCUT2D eigenvalue weighted by Crippen LogP contribution is -2.15. The zero-order valence-corrected chi connectivity index (χ0v) is 9.41. The fourth-order valence-corrected chi connectivity index (χ4v) is 1.26. The predicted molar refractivity (Wildman–Crippen MR) is 63.1 cm³/mol. The first-order valence-electron chi connectivity index (χ1n) is 4.96. The van der Waals surface area contributed by atoms with Crippen LogP contribution in [0.15, 0.2) is 18.3 Å². The van der Waals surface area contributed by atoms with E-state index >= 15 is 0 Å². The quantitative estimate of drug-likeness (QED) is 0.753. The number of nitrogens with one attached hydrogen (secondary N) is 2. The lowest BCUT2D eigenvalue weighted by Gasteiger charge is -2.16. The van der Waals surface area contributed by atoms with Gasteiger partial charge in [-0.2, -0.15) is 5.26 Å². The van der Waals surface area contributed by atoms with Gasteiger partial charge >= 0.3 is 0 Å². The summed E-state index contributed by atoms with van der Waals surface area (Å²) in [6.45, 7) is 3.65. The van der Waals surface area contributed by atoms with Gasteiger partial charge in [0.2, 0.25) is 0 Å². The van der Waals surface area contributed by atoms with Crippen molar-refractivity contribution >= 4 is 11.9 Å².